The van der Waals surface area contributed by atoms with Crippen molar-refractivity contribution in [3.05, 3.63) is 35.6 Å². The molecule has 0 aromatic heterocycles. The summed E-state index contributed by atoms with van der Waals surface area (Å²) in [5, 5.41) is 3.23. The molecule has 0 amide bonds. The number of nitrogens with zero attached hydrogens (tertiary/aromatic N) is 1. The van der Waals surface area contributed by atoms with Crippen molar-refractivity contribution in [3.8, 4) is 0 Å². The molecule has 0 aliphatic rings. The molecule has 0 radical (unpaired) electrons. The molecule has 1 N–H and O–H groups in total. The second-order valence-electron chi connectivity index (χ2n) is 4.68. The van der Waals surface area contributed by atoms with Crippen molar-refractivity contribution in [2.24, 2.45) is 0 Å². The van der Waals surface area contributed by atoms with Crippen molar-refractivity contribution in [1.29, 1.82) is 0 Å². The Morgan fingerprint density at radius 2 is 1.76 bits per heavy atom. The predicted octanol–water partition coefficient (Wildman–Crippen LogP) is 2.81. The lowest BCUT2D eigenvalue weighted by Crippen LogP contribution is -2.44. The molecule has 0 bridgehead atoms. The molecule has 3 heteroatoms. The second kappa shape index (κ2) is 6.12. The van der Waals surface area contributed by atoms with Crippen LogP contribution >= 0.6 is 0 Å². The zero-order valence-electron chi connectivity index (χ0n) is 11.4. The number of benzene rings is 1. The number of halogens is 1. The van der Waals surface area contributed by atoms with Gasteiger partial charge < -0.3 is 5.32 Å². The van der Waals surface area contributed by atoms with E-state index in [4.69, 9.17) is 0 Å². The molecule has 2 nitrogen and oxygen atoms in total. The van der Waals surface area contributed by atoms with E-state index < -0.39 is 0 Å². The average molecular weight is 238 g/mol. The first-order valence-electron chi connectivity index (χ1n) is 6.12. The van der Waals surface area contributed by atoms with Gasteiger partial charge in [0.1, 0.15) is 5.82 Å². The van der Waals surface area contributed by atoms with Crippen LogP contribution in [0.3, 0.4) is 0 Å². The third kappa shape index (κ3) is 3.27. The summed E-state index contributed by atoms with van der Waals surface area (Å²) in [6, 6.07) is 7.77. The summed E-state index contributed by atoms with van der Waals surface area (Å²) in [4.78, 5) is 2.19. The number of hydrogen-bond donors (Lipinski definition) is 1. The van der Waals surface area contributed by atoms with E-state index in [1.165, 1.54) is 6.07 Å². The average Bonchev–Trinajstić information content (AvgIpc) is 2.35. The van der Waals surface area contributed by atoms with Crippen LogP contribution in [0.25, 0.3) is 0 Å². The highest BCUT2D eigenvalue weighted by Crippen LogP contribution is 2.23. The minimum absolute atomic E-state index is 0.0713. The monoisotopic (exact) mass is 238 g/mol. The third-order valence-electron chi connectivity index (χ3n) is 3.79. The fraction of sp³-hybridized carbons (Fsp3) is 0.571. The minimum Gasteiger partial charge on any atom is -0.316 e. The lowest BCUT2D eigenvalue weighted by Gasteiger charge is -2.34. The first-order chi connectivity index (χ1) is 7.99. The van der Waals surface area contributed by atoms with Crippen LogP contribution in [0.15, 0.2) is 24.3 Å². The molecule has 0 aliphatic heterocycles. The van der Waals surface area contributed by atoms with E-state index in [0.29, 0.717) is 12.1 Å². The predicted molar refractivity (Wildman–Crippen MR) is 70.6 cm³/mol. The van der Waals surface area contributed by atoms with E-state index in [1.807, 2.05) is 33.2 Å². The summed E-state index contributed by atoms with van der Waals surface area (Å²) in [6.45, 7) is 6.32. The molecule has 0 aliphatic carbocycles. The van der Waals surface area contributed by atoms with Crippen molar-refractivity contribution in [1.82, 2.24) is 10.2 Å². The van der Waals surface area contributed by atoms with Gasteiger partial charge in [-0.3, -0.25) is 4.90 Å². The highest BCUT2D eigenvalue weighted by molar-refractivity contribution is 5.20. The van der Waals surface area contributed by atoms with Crippen molar-refractivity contribution >= 4 is 0 Å². The van der Waals surface area contributed by atoms with Gasteiger partial charge in [0.2, 0.25) is 0 Å². The molecule has 3 atom stereocenters. The molecule has 0 saturated heterocycles. The van der Waals surface area contributed by atoms with Crippen LogP contribution in [-0.2, 0) is 0 Å². The third-order valence-corrected chi connectivity index (χ3v) is 3.79. The van der Waals surface area contributed by atoms with E-state index >= 15 is 0 Å². The summed E-state index contributed by atoms with van der Waals surface area (Å²) in [7, 11) is 3.98. The van der Waals surface area contributed by atoms with E-state index in [2.05, 4.69) is 24.1 Å². The van der Waals surface area contributed by atoms with Crippen LogP contribution in [-0.4, -0.2) is 31.1 Å². The number of rotatable bonds is 5. The zero-order chi connectivity index (χ0) is 13.0. The number of hydrogen-bond acceptors (Lipinski definition) is 2. The standard InChI is InChI=1S/C14H23FN2/c1-10(16-4)11(2)17(5)12(3)13-8-6-7-9-14(13)15/h6-12,16H,1-5H3. The Balaban J connectivity index is 2.83. The van der Waals surface area contributed by atoms with Gasteiger partial charge in [-0.1, -0.05) is 18.2 Å². The maximum atomic E-state index is 13.7. The quantitative estimate of drug-likeness (QED) is 0.848. The topological polar surface area (TPSA) is 15.3 Å². The number of nitrogens with one attached hydrogen (secondary N) is 1. The van der Waals surface area contributed by atoms with Crippen molar-refractivity contribution in [3.63, 3.8) is 0 Å². The van der Waals surface area contributed by atoms with Gasteiger partial charge in [0, 0.05) is 23.7 Å². The van der Waals surface area contributed by atoms with E-state index in [9.17, 15) is 4.39 Å². The first kappa shape index (κ1) is 14.1. The Kier molecular flexibility index (Phi) is 5.09. The summed E-state index contributed by atoms with van der Waals surface area (Å²) in [5.74, 6) is -0.129. The lowest BCUT2D eigenvalue weighted by molar-refractivity contribution is 0.165. The van der Waals surface area contributed by atoms with Crippen LogP contribution in [0, 0.1) is 5.82 Å². The maximum Gasteiger partial charge on any atom is 0.127 e. The van der Waals surface area contributed by atoms with E-state index in [-0.39, 0.29) is 11.9 Å². The number of likely N-dealkylation sites (N-methyl/N-ethyl adjacent to an activating group) is 2. The zero-order valence-corrected chi connectivity index (χ0v) is 11.4. The van der Waals surface area contributed by atoms with Crippen molar-refractivity contribution in [2.45, 2.75) is 38.9 Å². The van der Waals surface area contributed by atoms with E-state index in [0.717, 1.165) is 5.56 Å². The lowest BCUT2D eigenvalue weighted by atomic mass is 10.0. The summed E-state index contributed by atoms with van der Waals surface area (Å²) in [6.07, 6.45) is 0. The Morgan fingerprint density at radius 1 is 1.18 bits per heavy atom. The molecule has 0 spiro atoms. The van der Waals surface area contributed by atoms with Crippen molar-refractivity contribution < 1.29 is 4.39 Å². The first-order valence-corrected chi connectivity index (χ1v) is 6.12. The van der Waals surface area contributed by atoms with Gasteiger partial charge in [0.15, 0.2) is 0 Å². The summed E-state index contributed by atoms with van der Waals surface area (Å²) >= 11 is 0. The van der Waals surface area contributed by atoms with Gasteiger partial charge in [0.05, 0.1) is 0 Å². The van der Waals surface area contributed by atoms with E-state index in [1.54, 1.807) is 6.07 Å². The molecular weight excluding hydrogens is 215 g/mol. The van der Waals surface area contributed by atoms with Crippen LogP contribution in [0.4, 0.5) is 4.39 Å². The molecular formula is C14H23FN2. The van der Waals surface area contributed by atoms with Gasteiger partial charge in [-0.25, -0.2) is 4.39 Å². The second-order valence-corrected chi connectivity index (χ2v) is 4.68. The fourth-order valence-corrected chi connectivity index (χ4v) is 1.98. The Bertz CT molecular complexity index is 354. The van der Waals surface area contributed by atoms with Crippen LogP contribution in [0.1, 0.15) is 32.4 Å². The Morgan fingerprint density at radius 3 is 2.29 bits per heavy atom. The van der Waals surface area contributed by atoms with Crippen LogP contribution in [0.2, 0.25) is 0 Å². The molecule has 1 aromatic carbocycles. The molecule has 3 unspecified atom stereocenters. The molecule has 17 heavy (non-hydrogen) atoms. The van der Waals surface area contributed by atoms with Crippen molar-refractivity contribution in [2.75, 3.05) is 14.1 Å². The van der Waals surface area contributed by atoms with Gasteiger partial charge in [-0.05, 0) is 40.9 Å². The largest absolute Gasteiger partial charge is 0.316 e. The molecule has 1 aromatic rings. The molecule has 96 valence electrons. The minimum atomic E-state index is -0.129. The molecule has 0 heterocycles. The SMILES string of the molecule is CNC(C)C(C)N(C)C(C)c1ccccc1F. The molecule has 0 fully saturated rings. The van der Waals surface area contributed by atoms with Crippen LogP contribution in [0.5, 0.6) is 0 Å². The summed E-state index contributed by atoms with van der Waals surface area (Å²) < 4.78 is 13.7. The Labute approximate surface area is 104 Å². The highest BCUT2D eigenvalue weighted by Gasteiger charge is 2.22. The Hall–Kier alpha value is -0.930. The van der Waals surface area contributed by atoms with Gasteiger partial charge in [-0.15, -0.1) is 0 Å². The smallest absolute Gasteiger partial charge is 0.127 e. The highest BCUT2D eigenvalue weighted by atomic mass is 19.1. The van der Waals surface area contributed by atoms with Gasteiger partial charge in [-0.2, -0.15) is 0 Å². The maximum absolute atomic E-state index is 13.7. The molecule has 1 rings (SSSR count). The molecule has 0 saturated carbocycles. The van der Waals surface area contributed by atoms with Gasteiger partial charge in [0.25, 0.3) is 0 Å². The summed E-state index contributed by atoms with van der Waals surface area (Å²) in [5.41, 5.74) is 0.755. The normalized spacial score (nSPS) is 16.9. The van der Waals surface area contributed by atoms with Crippen LogP contribution < -0.4 is 5.32 Å². The fourth-order valence-electron chi connectivity index (χ4n) is 1.98. The van der Waals surface area contributed by atoms with Gasteiger partial charge >= 0.3 is 0 Å².